The molecule has 0 spiro atoms. The molecule has 1 atom stereocenters. The molecule has 12 heavy (non-hydrogen) atoms. The van der Waals surface area contributed by atoms with Crippen molar-refractivity contribution in [3.8, 4) is 0 Å². The fourth-order valence-corrected chi connectivity index (χ4v) is 0.794. The molecule has 0 aromatic rings. The highest BCUT2D eigenvalue weighted by atomic mass is 16.3. The first-order chi connectivity index (χ1) is 5.54. The monoisotopic (exact) mass is 171 g/mol. The molecule has 2 heteroatoms. The smallest absolute Gasteiger partial charge is 0.0610 e. The molecule has 0 aromatic heterocycles. The summed E-state index contributed by atoms with van der Waals surface area (Å²) in [5.41, 5.74) is 1.19. The van der Waals surface area contributed by atoms with Crippen molar-refractivity contribution in [2.45, 2.75) is 39.7 Å². The Morgan fingerprint density at radius 2 is 2.08 bits per heavy atom. The quantitative estimate of drug-likeness (QED) is 0.617. The second-order valence-electron chi connectivity index (χ2n) is 3.73. The van der Waals surface area contributed by atoms with E-state index in [9.17, 15) is 0 Å². The molecule has 1 unspecified atom stereocenters. The lowest BCUT2D eigenvalue weighted by Crippen LogP contribution is -2.45. The summed E-state index contributed by atoms with van der Waals surface area (Å²) in [5.74, 6) is 0. The van der Waals surface area contributed by atoms with Crippen LogP contribution in [0.2, 0.25) is 0 Å². The van der Waals surface area contributed by atoms with E-state index in [1.165, 1.54) is 5.57 Å². The highest BCUT2D eigenvalue weighted by Gasteiger charge is 2.18. The first-order valence-electron chi connectivity index (χ1n) is 4.53. The lowest BCUT2D eigenvalue weighted by Gasteiger charge is -2.26. The molecular formula is C10H21NO. The highest BCUT2D eigenvalue weighted by Crippen LogP contribution is 2.06. The summed E-state index contributed by atoms with van der Waals surface area (Å²) in [6.45, 7) is 9.29. The van der Waals surface area contributed by atoms with E-state index in [0.717, 1.165) is 13.0 Å². The predicted octanol–water partition coefficient (Wildman–Crippen LogP) is 1.70. The van der Waals surface area contributed by atoms with E-state index in [-0.39, 0.29) is 12.1 Å². The molecule has 0 rings (SSSR count). The number of aliphatic hydroxyl groups is 1. The largest absolute Gasteiger partial charge is 0.394 e. The Kier molecular flexibility index (Phi) is 5.18. The van der Waals surface area contributed by atoms with Crippen molar-refractivity contribution in [1.29, 1.82) is 0 Å². The van der Waals surface area contributed by atoms with E-state index >= 15 is 0 Å². The minimum Gasteiger partial charge on any atom is -0.394 e. The zero-order chi connectivity index (χ0) is 9.61. The normalized spacial score (nSPS) is 15.4. The van der Waals surface area contributed by atoms with Crippen LogP contribution in [0, 0.1) is 0 Å². The van der Waals surface area contributed by atoms with Crippen LogP contribution >= 0.6 is 0 Å². The summed E-state index contributed by atoms with van der Waals surface area (Å²) in [7, 11) is 0. The first-order valence-corrected chi connectivity index (χ1v) is 4.53. The maximum Gasteiger partial charge on any atom is 0.0610 e. The van der Waals surface area contributed by atoms with Crippen LogP contribution in [0.4, 0.5) is 0 Å². The van der Waals surface area contributed by atoms with Gasteiger partial charge >= 0.3 is 0 Å². The average molecular weight is 171 g/mol. The van der Waals surface area contributed by atoms with Crippen molar-refractivity contribution in [2.75, 3.05) is 13.2 Å². The van der Waals surface area contributed by atoms with Gasteiger partial charge in [-0.05, 0) is 27.2 Å². The molecule has 0 heterocycles. The molecule has 0 amide bonds. The summed E-state index contributed by atoms with van der Waals surface area (Å²) >= 11 is 0. The van der Waals surface area contributed by atoms with Gasteiger partial charge in [0.15, 0.2) is 0 Å². The third-order valence-corrected chi connectivity index (χ3v) is 2.17. The van der Waals surface area contributed by atoms with Gasteiger partial charge in [-0.3, -0.25) is 0 Å². The van der Waals surface area contributed by atoms with Crippen molar-refractivity contribution < 1.29 is 5.11 Å². The fraction of sp³-hybridized carbons (Fsp3) is 0.800. The van der Waals surface area contributed by atoms with Crippen molar-refractivity contribution in [3.63, 3.8) is 0 Å². The Balaban J connectivity index is 3.81. The van der Waals surface area contributed by atoms with Gasteiger partial charge in [-0.15, -0.1) is 0 Å². The van der Waals surface area contributed by atoms with Crippen molar-refractivity contribution in [2.24, 2.45) is 0 Å². The lowest BCUT2D eigenvalue weighted by atomic mass is 10.0. The summed E-state index contributed by atoms with van der Waals surface area (Å²) in [4.78, 5) is 0. The van der Waals surface area contributed by atoms with Gasteiger partial charge in [-0.1, -0.05) is 18.6 Å². The Hall–Kier alpha value is -0.340. The molecule has 0 radical (unpaired) electrons. The van der Waals surface area contributed by atoms with E-state index in [2.05, 4.69) is 32.2 Å². The molecule has 0 fully saturated rings. The number of rotatable bonds is 5. The zero-order valence-corrected chi connectivity index (χ0v) is 8.65. The molecular weight excluding hydrogens is 150 g/mol. The fourth-order valence-electron chi connectivity index (χ4n) is 0.794. The molecule has 0 aromatic carbocycles. The van der Waals surface area contributed by atoms with Crippen molar-refractivity contribution in [3.05, 3.63) is 11.6 Å². The molecule has 0 aliphatic rings. The summed E-state index contributed by atoms with van der Waals surface area (Å²) in [6.07, 6.45) is 3.07. The van der Waals surface area contributed by atoms with E-state index in [1.807, 2.05) is 6.92 Å². The molecule has 0 saturated heterocycles. The minimum atomic E-state index is -0.119. The maximum absolute atomic E-state index is 9.07. The van der Waals surface area contributed by atoms with Gasteiger partial charge in [0.1, 0.15) is 0 Å². The highest BCUT2D eigenvalue weighted by molar-refractivity contribution is 4.96. The molecule has 0 bridgehead atoms. The van der Waals surface area contributed by atoms with Crippen LogP contribution in [0.1, 0.15) is 34.1 Å². The second kappa shape index (κ2) is 5.33. The van der Waals surface area contributed by atoms with E-state index in [1.54, 1.807) is 0 Å². The van der Waals surface area contributed by atoms with Gasteiger partial charge in [-0.25, -0.2) is 0 Å². The molecule has 2 N–H and O–H groups in total. The van der Waals surface area contributed by atoms with Crippen molar-refractivity contribution in [1.82, 2.24) is 5.32 Å². The van der Waals surface area contributed by atoms with Crippen molar-refractivity contribution >= 4 is 0 Å². The van der Waals surface area contributed by atoms with E-state index in [0.29, 0.717) is 0 Å². The van der Waals surface area contributed by atoms with Crippen LogP contribution in [0.3, 0.4) is 0 Å². The Morgan fingerprint density at radius 1 is 1.50 bits per heavy atom. The van der Waals surface area contributed by atoms with Crippen LogP contribution in [0.5, 0.6) is 0 Å². The topological polar surface area (TPSA) is 32.3 Å². The molecule has 72 valence electrons. The maximum atomic E-state index is 9.07. The third kappa shape index (κ3) is 4.52. The SMILES string of the molecule is CCC(C)(CO)NCC=C(C)C. The summed E-state index contributed by atoms with van der Waals surface area (Å²) < 4.78 is 0. The van der Waals surface area contributed by atoms with E-state index < -0.39 is 0 Å². The Labute approximate surface area is 75.7 Å². The second-order valence-corrected chi connectivity index (χ2v) is 3.73. The van der Waals surface area contributed by atoms with E-state index in [4.69, 9.17) is 5.11 Å². The van der Waals surface area contributed by atoms with Gasteiger partial charge in [0.2, 0.25) is 0 Å². The number of allylic oxidation sites excluding steroid dienone is 1. The van der Waals surface area contributed by atoms with Crippen LogP contribution in [-0.4, -0.2) is 23.8 Å². The van der Waals surface area contributed by atoms with Gasteiger partial charge in [0, 0.05) is 12.1 Å². The van der Waals surface area contributed by atoms with Gasteiger partial charge < -0.3 is 10.4 Å². The lowest BCUT2D eigenvalue weighted by molar-refractivity contribution is 0.174. The van der Waals surface area contributed by atoms with Gasteiger partial charge in [-0.2, -0.15) is 0 Å². The molecule has 2 nitrogen and oxygen atoms in total. The number of hydrogen-bond acceptors (Lipinski definition) is 2. The molecule has 0 aliphatic carbocycles. The zero-order valence-electron chi connectivity index (χ0n) is 8.65. The van der Waals surface area contributed by atoms with Gasteiger partial charge in [0.25, 0.3) is 0 Å². The first kappa shape index (κ1) is 11.7. The Morgan fingerprint density at radius 3 is 2.42 bits per heavy atom. The third-order valence-electron chi connectivity index (χ3n) is 2.17. The number of hydrogen-bond donors (Lipinski definition) is 2. The standard InChI is InChI=1S/C10H21NO/c1-5-10(4,8-12)11-7-6-9(2)3/h6,11-12H,5,7-8H2,1-4H3. The molecule has 0 aliphatic heterocycles. The summed E-state index contributed by atoms with van der Waals surface area (Å²) in [6, 6.07) is 0. The predicted molar refractivity (Wildman–Crippen MR) is 53.2 cm³/mol. The Bertz CT molecular complexity index is 144. The van der Waals surface area contributed by atoms with Crippen LogP contribution in [0.15, 0.2) is 11.6 Å². The minimum absolute atomic E-state index is 0.119. The van der Waals surface area contributed by atoms with Gasteiger partial charge in [0.05, 0.1) is 6.61 Å². The van der Waals surface area contributed by atoms with Crippen LogP contribution in [0.25, 0.3) is 0 Å². The number of nitrogens with one attached hydrogen (secondary N) is 1. The van der Waals surface area contributed by atoms with Crippen LogP contribution < -0.4 is 5.32 Å². The number of aliphatic hydroxyl groups excluding tert-OH is 1. The summed E-state index contributed by atoms with van der Waals surface area (Å²) in [5, 5.41) is 12.4. The van der Waals surface area contributed by atoms with Crippen LogP contribution in [-0.2, 0) is 0 Å². The molecule has 0 saturated carbocycles. The average Bonchev–Trinajstić information content (AvgIpc) is 2.03.